The summed E-state index contributed by atoms with van der Waals surface area (Å²) >= 11 is 0. The lowest BCUT2D eigenvalue weighted by molar-refractivity contribution is -0.131. The molecule has 1 aliphatic carbocycles. The van der Waals surface area contributed by atoms with Crippen molar-refractivity contribution in [3.05, 3.63) is 35.4 Å². The number of carbonyl (C=O) groups excluding carboxylic acids is 1. The molecule has 0 unspecified atom stereocenters. The van der Waals surface area contributed by atoms with Crippen LogP contribution < -0.4 is 5.32 Å². The smallest absolute Gasteiger partial charge is 0.227 e. The number of benzene rings is 1. The van der Waals surface area contributed by atoms with Crippen molar-refractivity contribution in [3.8, 4) is 0 Å². The second-order valence-corrected chi connectivity index (χ2v) is 5.71. The summed E-state index contributed by atoms with van der Waals surface area (Å²) in [6, 6.07) is 4.09. The molecular formula is C16H22F2N2O. The molecule has 1 fully saturated rings. The Hall–Kier alpha value is -1.49. The van der Waals surface area contributed by atoms with E-state index in [2.05, 4.69) is 5.32 Å². The number of amides is 1. The van der Waals surface area contributed by atoms with Crippen molar-refractivity contribution in [2.24, 2.45) is 0 Å². The number of carbonyl (C=O) groups is 1. The molecule has 3 nitrogen and oxygen atoms in total. The highest BCUT2D eigenvalue weighted by molar-refractivity contribution is 5.78. The van der Waals surface area contributed by atoms with E-state index in [0.717, 1.165) is 31.7 Å². The molecule has 0 aliphatic heterocycles. The van der Waals surface area contributed by atoms with Crippen LogP contribution in [0.2, 0.25) is 0 Å². The third kappa shape index (κ3) is 4.00. The zero-order valence-electron chi connectivity index (χ0n) is 12.5. The van der Waals surface area contributed by atoms with Crippen molar-refractivity contribution in [2.75, 3.05) is 14.1 Å². The maximum absolute atomic E-state index is 13.6. The van der Waals surface area contributed by atoms with Crippen LogP contribution in [0.25, 0.3) is 0 Å². The van der Waals surface area contributed by atoms with E-state index in [4.69, 9.17) is 0 Å². The van der Waals surface area contributed by atoms with Crippen molar-refractivity contribution in [1.29, 1.82) is 0 Å². The topological polar surface area (TPSA) is 32.3 Å². The number of nitrogens with one attached hydrogen (secondary N) is 1. The van der Waals surface area contributed by atoms with Crippen molar-refractivity contribution in [1.82, 2.24) is 10.2 Å². The van der Waals surface area contributed by atoms with Gasteiger partial charge in [-0.05, 0) is 44.4 Å². The van der Waals surface area contributed by atoms with E-state index < -0.39 is 11.6 Å². The molecule has 0 spiro atoms. The first-order valence-corrected chi connectivity index (χ1v) is 7.38. The summed E-state index contributed by atoms with van der Waals surface area (Å²) in [6.07, 6.45) is 3.99. The lowest BCUT2D eigenvalue weighted by Crippen LogP contribution is -2.43. The summed E-state index contributed by atoms with van der Waals surface area (Å²) in [7, 11) is 3.73. The van der Waals surface area contributed by atoms with Gasteiger partial charge >= 0.3 is 0 Å². The Balaban J connectivity index is 1.93. The number of hydrogen-bond acceptors (Lipinski definition) is 2. The minimum absolute atomic E-state index is 0.0193. The van der Waals surface area contributed by atoms with Crippen LogP contribution in [-0.2, 0) is 11.2 Å². The molecule has 2 rings (SSSR count). The van der Waals surface area contributed by atoms with Gasteiger partial charge in [0.1, 0.15) is 11.6 Å². The van der Waals surface area contributed by atoms with Crippen LogP contribution in [0.15, 0.2) is 18.2 Å². The van der Waals surface area contributed by atoms with Gasteiger partial charge in [-0.2, -0.15) is 0 Å². The minimum atomic E-state index is -0.657. The molecule has 1 aliphatic rings. The van der Waals surface area contributed by atoms with Gasteiger partial charge in [0.25, 0.3) is 0 Å². The van der Waals surface area contributed by atoms with Crippen LogP contribution in [0.3, 0.4) is 0 Å². The number of nitrogens with zero attached hydrogens (tertiary/aromatic N) is 1. The summed E-state index contributed by atoms with van der Waals surface area (Å²) < 4.78 is 26.5. The molecule has 0 atom stereocenters. The zero-order chi connectivity index (χ0) is 15.4. The number of likely N-dealkylation sites (N-methyl/N-ethyl adjacent to an activating group) is 1. The van der Waals surface area contributed by atoms with Crippen LogP contribution in [0.1, 0.15) is 31.2 Å². The quantitative estimate of drug-likeness (QED) is 0.926. The highest BCUT2D eigenvalue weighted by Gasteiger charge is 2.26. The number of hydrogen-bond donors (Lipinski definition) is 1. The van der Waals surface area contributed by atoms with E-state index in [1.54, 1.807) is 11.9 Å². The van der Waals surface area contributed by atoms with E-state index in [9.17, 15) is 13.6 Å². The first-order valence-electron chi connectivity index (χ1n) is 7.38. The summed E-state index contributed by atoms with van der Waals surface area (Å²) in [5.74, 6) is -1.40. The molecule has 0 radical (unpaired) electrons. The predicted molar refractivity (Wildman–Crippen MR) is 77.9 cm³/mol. The van der Waals surface area contributed by atoms with Crippen LogP contribution in [0, 0.1) is 11.6 Å². The van der Waals surface area contributed by atoms with Gasteiger partial charge in [0.05, 0.1) is 6.42 Å². The fraction of sp³-hybridized carbons (Fsp3) is 0.562. The Morgan fingerprint density at radius 3 is 2.52 bits per heavy atom. The Morgan fingerprint density at radius 1 is 1.29 bits per heavy atom. The van der Waals surface area contributed by atoms with Gasteiger partial charge in [-0.25, -0.2) is 8.78 Å². The van der Waals surface area contributed by atoms with Gasteiger partial charge in [-0.3, -0.25) is 4.79 Å². The Bertz CT molecular complexity index is 499. The molecule has 116 valence electrons. The summed E-state index contributed by atoms with van der Waals surface area (Å²) in [5.41, 5.74) is 0.247. The highest BCUT2D eigenvalue weighted by Crippen LogP contribution is 2.23. The van der Waals surface area contributed by atoms with Gasteiger partial charge in [0.2, 0.25) is 5.91 Å². The van der Waals surface area contributed by atoms with Gasteiger partial charge in [0.15, 0.2) is 0 Å². The normalized spacial score (nSPS) is 22.1. The molecular weight excluding hydrogens is 274 g/mol. The Kier molecular flexibility index (Phi) is 5.28. The maximum Gasteiger partial charge on any atom is 0.227 e. The fourth-order valence-corrected chi connectivity index (χ4v) is 2.91. The van der Waals surface area contributed by atoms with Crippen molar-refractivity contribution < 1.29 is 13.6 Å². The first-order chi connectivity index (χ1) is 10.0. The molecule has 0 bridgehead atoms. The van der Waals surface area contributed by atoms with E-state index in [0.29, 0.717) is 6.04 Å². The van der Waals surface area contributed by atoms with Crippen molar-refractivity contribution >= 4 is 5.91 Å². The summed E-state index contributed by atoms with van der Waals surface area (Å²) in [4.78, 5) is 14.0. The number of halogens is 2. The molecule has 5 heteroatoms. The monoisotopic (exact) mass is 296 g/mol. The van der Waals surface area contributed by atoms with Crippen LogP contribution >= 0.6 is 0 Å². The molecule has 0 heterocycles. The predicted octanol–water partition coefficient (Wildman–Crippen LogP) is 2.50. The number of rotatable bonds is 4. The van der Waals surface area contributed by atoms with E-state index in [1.807, 2.05) is 7.05 Å². The second kappa shape index (κ2) is 6.98. The largest absolute Gasteiger partial charge is 0.342 e. The lowest BCUT2D eigenvalue weighted by atomic mass is 9.90. The summed E-state index contributed by atoms with van der Waals surface area (Å²) in [5, 5.41) is 3.26. The first kappa shape index (κ1) is 15.9. The van der Waals surface area contributed by atoms with Gasteiger partial charge in [0, 0.05) is 25.2 Å². The average Bonchev–Trinajstić information content (AvgIpc) is 2.49. The Labute approximate surface area is 124 Å². The van der Waals surface area contributed by atoms with Gasteiger partial charge < -0.3 is 10.2 Å². The molecule has 1 saturated carbocycles. The fourth-order valence-electron chi connectivity index (χ4n) is 2.91. The van der Waals surface area contributed by atoms with E-state index in [-0.39, 0.29) is 23.9 Å². The lowest BCUT2D eigenvalue weighted by Gasteiger charge is -2.34. The molecule has 0 aromatic heterocycles. The standard InChI is InChI=1S/C16H22F2N2O/c1-19-13-5-7-14(8-6-13)20(2)16(21)9-11-3-4-12(17)10-15(11)18/h3-4,10,13-14,19H,5-9H2,1-2H3. The summed E-state index contributed by atoms with van der Waals surface area (Å²) in [6.45, 7) is 0. The van der Waals surface area contributed by atoms with Crippen molar-refractivity contribution in [3.63, 3.8) is 0 Å². The zero-order valence-corrected chi connectivity index (χ0v) is 12.5. The van der Waals surface area contributed by atoms with Crippen LogP contribution in [-0.4, -0.2) is 37.0 Å². The van der Waals surface area contributed by atoms with E-state index in [1.165, 1.54) is 12.1 Å². The van der Waals surface area contributed by atoms with Crippen LogP contribution in [0.5, 0.6) is 0 Å². The maximum atomic E-state index is 13.6. The molecule has 0 saturated heterocycles. The SMILES string of the molecule is CNC1CCC(N(C)C(=O)Cc2ccc(F)cc2F)CC1. The third-order valence-electron chi connectivity index (χ3n) is 4.40. The van der Waals surface area contributed by atoms with Crippen LogP contribution in [0.4, 0.5) is 8.78 Å². The Morgan fingerprint density at radius 2 is 1.95 bits per heavy atom. The second-order valence-electron chi connectivity index (χ2n) is 5.71. The molecule has 1 aromatic carbocycles. The minimum Gasteiger partial charge on any atom is -0.342 e. The van der Waals surface area contributed by atoms with Gasteiger partial charge in [-0.1, -0.05) is 6.07 Å². The van der Waals surface area contributed by atoms with Gasteiger partial charge in [-0.15, -0.1) is 0 Å². The molecule has 21 heavy (non-hydrogen) atoms. The third-order valence-corrected chi connectivity index (χ3v) is 4.40. The van der Waals surface area contributed by atoms with Crippen molar-refractivity contribution in [2.45, 2.75) is 44.2 Å². The molecule has 1 N–H and O–H groups in total. The molecule has 1 amide bonds. The highest BCUT2D eigenvalue weighted by atomic mass is 19.1. The average molecular weight is 296 g/mol. The van der Waals surface area contributed by atoms with E-state index >= 15 is 0 Å². The molecule has 1 aromatic rings.